The minimum Gasteiger partial charge on any atom is -0.350 e. The van der Waals surface area contributed by atoms with Crippen molar-refractivity contribution in [2.24, 2.45) is 5.92 Å². The highest BCUT2D eigenvalue weighted by molar-refractivity contribution is 5.92. The van der Waals surface area contributed by atoms with Crippen LogP contribution in [0.1, 0.15) is 29.0 Å². The highest BCUT2D eigenvalue weighted by atomic mass is 35.5. The number of hydrogen-bond acceptors (Lipinski definition) is 3. The van der Waals surface area contributed by atoms with Crippen LogP contribution >= 0.6 is 24.8 Å². The molecule has 19 heavy (non-hydrogen) atoms. The summed E-state index contributed by atoms with van der Waals surface area (Å²) in [5.74, 6) is 0.483. The molecule has 0 bridgehead atoms. The number of pyridine rings is 1. The Morgan fingerprint density at radius 2 is 2.26 bits per heavy atom. The van der Waals surface area contributed by atoms with Crippen LogP contribution < -0.4 is 10.6 Å². The van der Waals surface area contributed by atoms with E-state index in [9.17, 15) is 4.79 Å². The van der Waals surface area contributed by atoms with Crippen molar-refractivity contribution in [3.8, 4) is 0 Å². The van der Waals surface area contributed by atoms with Gasteiger partial charge in [0.2, 0.25) is 0 Å². The van der Waals surface area contributed by atoms with E-state index in [4.69, 9.17) is 0 Å². The zero-order valence-electron chi connectivity index (χ0n) is 11.0. The second kappa shape index (κ2) is 9.13. The topological polar surface area (TPSA) is 54.0 Å². The maximum absolute atomic E-state index is 11.8. The molecular weight excluding hydrogens is 285 g/mol. The summed E-state index contributed by atoms with van der Waals surface area (Å²) in [6.45, 7) is 4.73. The molecule has 6 heteroatoms. The molecule has 1 atom stereocenters. The average molecular weight is 306 g/mol. The molecule has 2 rings (SSSR count). The Morgan fingerprint density at radius 1 is 1.47 bits per heavy atom. The number of carbonyl (C=O) groups is 1. The summed E-state index contributed by atoms with van der Waals surface area (Å²) in [4.78, 5) is 16.1. The summed E-state index contributed by atoms with van der Waals surface area (Å²) in [5, 5.41) is 6.29. The van der Waals surface area contributed by atoms with Crippen molar-refractivity contribution in [3.05, 3.63) is 29.6 Å². The van der Waals surface area contributed by atoms with Crippen molar-refractivity contribution in [1.82, 2.24) is 15.6 Å². The van der Waals surface area contributed by atoms with Gasteiger partial charge in [-0.2, -0.15) is 0 Å². The quantitative estimate of drug-likeness (QED) is 0.897. The molecule has 0 saturated carbocycles. The number of piperidine rings is 1. The van der Waals surface area contributed by atoms with Gasteiger partial charge in [-0.25, -0.2) is 4.98 Å². The van der Waals surface area contributed by atoms with Crippen LogP contribution in [0, 0.1) is 12.8 Å². The van der Waals surface area contributed by atoms with Gasteiger partial charge in [0.1, 0.15) is 5.69 Å². The Kier molecular flexibility index (Phi) is 8.72. The molecule has 1 aliphatic heterocycles. The van der Waals surface area contributed by atoms with Crippen molar-refractivity contribution in [3.63, 3.8) is 0 Å². The molecule has 2 heterocycles. The number of nitrogens with zero attached hydrogens (tertiary/aromatic N) is 1. The minimum absolute atomic E-state index is 0. The van der Waals surface area contributed by atoms with Crippen molar-refractivity contribution >= 4 is 30.7 Å². The molecule has 4 nitrogen and oxygen atoms in total. The van der Waals surface area contributed by atoms with E-state index in [0.29, 0.717) is 11.6 Å². The van der Waals surface area contributed by atoms with Crippen molar-refractivity contribution in [2.45, 2.75) is 19.8 Å². The fraction of sp³-hybridized carbons (Fsp3) is 0.538. The molecule has 0 aliphatic carbocycles. The van der Waals surface area contributed by atoms with Crippen LogP contribution in [0.4, 0.5) is 0 Å². The largest absolute Gasteiger partial charge is 0.350 e. The van der Waals surface area contributed by atoms with E-state index in [0.717, 1.165) is 25.3 Å². The Labute approximate surface area is 126 Å². The van der Waals surface area contributed by atoms with E-state index in [-0.39, 0.29) is 30.7 Å². The first kappa shape index (κ1) is 18.2. The first-order chi connectivity index (χ1) is 8.25. The summed E-state index contributed by atoms with van der Waals surface area (Å²) < 4.78 is 0. The molecule has 1 aromatic rings. The number of rotatable bonds is 3. The molecule has 1 aliphatic rings. The third-order valence-electron chi connectivity index (χ3n) is 3.07. The Bertz CT molecular complexity index is 395. The lowest BCUT2D eigenvalue weighted by molar-refractivity contribution is 0.0939. The molecule has 1 amide bonds. The summed E-state index contributed by atoms with van der Waals surface area (Å²) in [7, 11) is 0. The first-order valence-electron chi connectivity index (χ1n) is 6.18. The van der Waals surface area contributed by atoms with E-state index in [1.54, 1.807) is 6.07 Å². The van der Waals surface area contributed by atoms with E-state index < -0.39 is 0 Å². The van der Waals surface area contributed by atoms with Gasteiger partial charge in [0.15, 0.2) is 0 Å². The highest BCUT2D eigenvalue weighted by Crippen LogP contribution is 2.08. The molecule has 1 saturated heterocycles. The van der Waals surface area contributed by atoms with Gasteiger partial charge in [0, 0.05) is 12.2 Å². The molecule has 0 spiro atoms. The molecule has 108 valence electrons. The summed E-state index contributed by atoms with van der Waals surface area (Å²) in [6.07, 6.45) is 2.39. The van der Waals surface area contributed by atoms with Gasteiger partial charge in [-0.15, -0.1) is 24.8 Å². The number of halogens is 2. The average Bonchev–Trinajstić information content (AvgIpc) is 2.37. The van der Waals surface area contributed by atoms with Gasteiger partial charge in [-0.3, -0.25) is 4.79 Å². The van der Waals surface area contributed by atoms with Crippen LogP contribution in [0.5, 0.6) is 0 Å². The maximum Gasteiger partial charge on any atom is 0.269 e. The van der Waals surface area contributed by atoms with Crippen LogP contribution in [0.3, 0.4) is 0 Å². The summed E-state index contributed by atoms with van der Waals surface area (Å²) in [6, 6.07) is 5.50. The van der Waals surface area contributed by atoms with Crippen LogP contribution in [0.25, 0.3) is 0 Å². The number of carbonyl (C=O) groups excluding carboxylic acids is 1. The third-order valence-corrected chi connectivity index (χ3v) is 3.07. The van der Waals surface area contributed by atoms with Gasteiger partial charge in [-0.05, 0) is 50.9 Å². The maximum atomic E-state index is 11.8. The number of aryl methyl sites for hydroxylation is 1. The summed E-state index contributed by atoms with van der Waals surface area (Å²) >= 11 is 0. The van der Waals surface area contributed by atoms with Crippen molar-refractivity contribution < 1.29 is 4.79 Å². The monoisotopic (exact) mass is 305 g/mol. The van der Waals surface area contributed by atoms with Crippen molar-refractivity contribution in [2.75, 3.05) is 19.6 Å². The van der Waals surface area contributed by atoms with Crippen LogP contribution in [-0.2, 0) is 0 Å². The van der Waals surface area contributed by atoms with E-state index >= 15 is 0 Å². The molecule has 1 unspecified atom stereocenters. The molecule has 1 aromatic heterocycles. The predicted molar refractivity (Wildman–Crippen MR) is 81.4 cm³/mol. The lowest BCUT2D eigenvalue weighted by Crippen LogP contribution is -2.38. The standard InChI is InChI=1S/C13H19N3O.2ClH/c1-10-4-2-6-12(16-10)13(17)15-9-11-5-3-7-14-8-11;;/h2,4,6,11,14H,3,5,7-9H2,1H3,(H,15,17);2*1H. The number of amides is 1. The van der Waals surface area contributed by atoms with Gasteiger partial charge in [-0.1, -0.05) is 6.07 Å². The van der Waals surface area contributed by atoms with Gasteiger partial charge >= 0.3 is 0 Å². The van der Waals surface area contributed by atoms with Crippen LogP contribution in [0.15, 0.2) is 18.2 Å². The lowest BCUT2D eigenvalue weighted by atomic mass is 10.00. The number of hydrogen-bond donors (Lipinski definition) is 2. The third kappa shape index (κ3) is 5.76. The zero-order chi connectivity index (χ0) is 12.1. The van der Waals surface area contributed by atoms with Crippen LogP contribution in [0.2, 0.25) is 0 Å². The van der Waals surface area contributed by atoms with Gasteiger partial charge in [0.05, 0.1) is 0 Å². The number of aromatic nitrogens is 1. The molecule has 0 aromatic carbocycles. The Hall–Kier alpha value is -0.840. The van der Waals surface area contributed by atoms with E-state index in [1.165, 1.54) is 12.8 Å². The van der Waals surface area contributed by atoms with E-state index in [2.05, 4.69) is 15.6 Å². The van der Waals surface area contributed by atoms with Gasteiger partial charge < -0.3 is 10.6 Å². The molecule has 1 fully saturated rings. The zero-order valence-corrected chi connectivity index (χ0v) is 12.6. The SMILES string of the molecule is Cc1cccc(C(=O)NCC2CCCNC2)n1.Cl.Cl. The molecule has 0 radical (unpaired) electrons. The smallest absolute Gasteiger partial charge is 0.269 e. The second-order valence-corrected chi connectivity index (χ2v) is 4.59. The predicted octanol–water partition coefficient (Wildman–Crippen LogP) is 1.96. The lowest BCUT2D eigenvalue weighted by Gasteiger charge is -2.22. The fourth-order valence-electron chi connectivity index (χ4n) is 2.10. The van der Waals surface area contributed by atoms with Crippen LogP contribution in [-0.4, -0.2) is 30.5 Å². The highest BCUT2D eigenvalue weighted by Gasteiger charge is 2.14. The molecule has 2 N–H and O–H groups in total. The number of nitrogens with one attached hydrogen (secondary N) is 2. The first-order valence-corrected chi connectivity index (χ1v) is 6.18. The van der Waals surface area contributed by atoms with Gasteiger partial charge in [0.25, 0.3) is 5.91 Å². The van der Waals surface area contributed by atoms with Crippen molar-refractivity contribution in [1.29, 1.82) is 0 Å². The molecular formula is C13H21Cl2N3O. The normalized spacial score (nSPS) is 17.8. The minimum atomic E-state index is -0.0701. The Morgan fingerprint density at radius 3 is 2.89 bits per heavy atom. The fourth-order valence-corrected chi connectivity index (χ4v) is 2.10. The Balaban J connectivity index is 0.00000162. The second-order valence-electron chi connectivity index (χ2n) is 4.59. The summed E-state index contributed by atoms with van der Waals surface area (Å²) in [5.41, 5.74) is 1.38. The van der Waals surface area contributed by atoms with E-state index in [1.807, 2.05) is 19.1 Å².